The molecule has 2 aromatic heterocycles. The highest BCUT2D eigenvalue weighted by atomic mass is 32.1. The first-order chi connectivity index (χ1) is 9.88. The van der Waals surface area contributed by atoms with Crippen molar-refractivity contribution in [2.24, 2.45) is 13.0 Å². The summed E-state index contributed by atoms with van der Waals surface area (Å²) in [6.45, 7) is 6.05. The van der Waals surface area contributed by atoms with Crippen molar-refractivity contribution in [3.63, 3.8) is 0 Å². The molecule has 0 aliphatic heterocycles. The normalized spacial score (nSPS) is 12.7. The lowest BCUT2D eigenvalue weighted by molar-refractivity contribution is 0.0864. The van der Waals surface area contributed by atoms with Gasteiger partial charge in [0.05, 0.1) is 16.8 Å². The number of amides is 1. The predicted octanol–water partition coefficient (Wildman–Crippen LogP) is 2.20. The van der Waals surface area contributed by atoms with Gasteiger partial charge in [-0.05, 0) is 18.9 Å². The zero-order valence-corrected chi connectivity index (χ0v) is 13.6. The van der Waals surface area contributed by atoms with E-state index in [1.807, 2.05) is 45.5 Å². The fourth-order valence-corrected chi connectivity index (χ4v) is 2.57. The number of aromatic nitrogens is 2. The van der Waals surface area contributed by atoms with E-state index in [-0.39, 0.29) is 18.4 Å². The number of nitrogens with one attached hydrogen (secondary N) is 1. The molecule has 21 heavy (non-hydrogen) atoms. The molecular weight excluding hydrogens is 286 g/mol. The van der Waals surface area contributed by atoms with Crippen LogP contribution in [0.25, 0.3) is 11.3 Å². The van der Waals surface area contributed by atoms with Gasteiger partial charge in [0.2, 0.25) is 0 Å². The van der Waals surface area contributed by atoms with E-state index < -0.39 is 6.10 Å². The Morgan fingerprint density at radius 2 is 2.24 bits per heavy atom. The molecule has 2 heterocycles. The molecule has 0 aliphatic rings. The number of carbonyl (C=O) groups excluding carboxylic acids is 1. The molecule has 1 unspecified atom stereocenters. The minimum absolute atomic E-state index is 0.118. The minimum Gasteiger partial charge on any atom is -0.391 e. The summed E-state index contributed by atoms with van der Waals surface area (Å²) in [4.78, 5) is 16.6. The maximum Gasteiger partial charge on any atom is 0.268 e. The second kappa shape index (κ2) is 6.41. The van der Waals surface area contributed by atoms with Crippen molar-refractivity contribution in [1.82, 2.24) is 14.9 Å². The number of aliphatic hydroxyl groups is 1. The zero-order chi connectivity index (χ0) is 15.6. The van der Waals surface area contributed by atoms with Gasteiger partial charge in [-0.3, -0.25) is 4.79 Å². The van der Waals surface area contributed by atoms with E-state index >= 15 is 0 Å². The molecular formula is C15H21N3O2S. The van der Waals surface area contributed by atoms with Crippen LogP contribution in [0.4, 0.5) is 0 Å². The summed E-state index contributed by atoms with van der Waals surface area (Å²) in [7, 11) is 1.83. The first-order valence-corrected chi connectivity index (χ1v) is 7.81. The molecule has 5 nitrogen and oxygen atoms in total. The molecule has 0 aromatic carbocycles. The number of hydrogen-bond acceptors (Lipinski definition) is 4. The van der Waals surface area contributed by atoms with Crippen molar-refractivity contribution in [2.75, 3.05) is 6.54 Å². The number of rotatable bonds is 5. The third-order valence-corrected chi connectivity index (χ3v) is 4.17. The van der Waals surface area contributed by atoms with E-state index in [0.29, 0.717) is 5.69 Å². The summed E-state index contributed by atoms with van der Waals surface area (Å²) in [6, 6.07) is 1.82. The Hall–Kier alpha value is -1.66. The number of hydrogen-bond donors (Lipinski definition) is 2. The second-order valence-electron chi connectivity index (χ2n) is 5.50. The Labute approximate surface area is 128 Å². The number of aliphatic hydroxyl groups excluding tert-OH is 1. The van der Waals surface area contributed by atoms with Gasteiger partial charge in [0.1, 0.15) is 5.69 Å². The Morgan fingerprint density at radius 3 is 2.81 bits per heavy atom. The molecule has 2 rings (SSSR count). The summed E-state index contributed by atoms with van der Waals surface area (Å²) in [5, 5.41) is 15.5. The van der Waals surface area contributed by atoms with E-state index in [0.717, 1.165) is 16.3 Å². The fourth-order valence-electron chi connectivity index (χ4n) is 1.95. The van der Waals surface area contributed by atoms with Gasteiger partial charge in [0.25, 0.3) is 5.91 Å². The first-order valence-electron chi connectivity index (χ1n) is 6.93. The van der Waals surface area contributed by atoms with Gasteiger partial charge in [0.15, 0.2) is 0 Å². The maximum absolute atomic E-state index is 12.2. The molecule has 2 N–H and O–H groups in total. The van der Waals surface area contributed by atoms with Crippen LogP contribution in [0.15, 0.2) is 17.6 Å². The SMILES string of the molecule is Cc1nc(-c2cc(C(=O)NCC(O)C(C)C)n(C)c2)cs1. The lowest BCUT2D eigenvalue weighted by Crippen LogP contribution is -2.35. The molecule has 0 saturated carbocycles. The van der Waals surface area contributed by atoms with Crippen LogP contribution in [0.2, 0.25) is 0 Å². The highest BCUT2D eigenvalue weighted by molar-refractivity contribution is 7.09. The standard InChI is InChI=1S/C15H21N3O2S/c1-9(2)14(19)6-16-15(20)13-5-11(7-18(13)4)12-8-21-10(3)17-12/h5,7-9,14,19H,6H2,1-4H3,(H,16,20). The first kappa shape index (κ1) is 15.7. The number of aryl methyl sites for hydroxylation is 2. The van der Waals surface area contributed by atoms with Crippen LogP contribution in [0, 0.1) is 12.8 Å². The zero-order valence-electron chi connectivity index (χ0n) is 12.8. The maximum atomic E-state index is 12.2. The topological polar surface area (TPSA) is 67.2 Å². The van der Waals surface area contributed by atoms with Gasteiger partial charge in [-0.2, -0.15) is 0 Å². The van der Waals surface area contributed by atoms with Gasteiger partial charge in [-0.1, -0.05) is 13.8 Å². The average molecular weight is 307 g/mol. The Kier molecular flexibility index (Phi) is 4.80. The largest absolute Gasteiger partial charge is 0.391 e. The molecule has 0 saturated heterocycles. The van der Waals surface area contributed by atoms with Crippen LogP contribution in [0.5, 0.6) is 0 Å². The van der Waals surface area contributed by atoms with Crippen molar-refractivity contribution in [1.29, 1.82) is 0 Å². The number of thiazole rings is 1. The molecule has 114 valence electrons. The molecule has 2 aromatic rings. The van der Waals surface area contributed by atoms with Crippen molar-refractivity contribution in [3.05, 3.63) is 28.3 Å². The molecule has 0 spiro atoms. The molecule has 0 radical (unpaired) electrons. The molecule has 1 atom stereocenters. The highest BCUT2D eigenvalue weighted by Crippen LogP contribution is 2.23. The third kappa shape index (κ3) is 3.71. The van der Waals surface area contributed by atoms with Crippen LogP contribution >= 0.6 is 11.3 Å². The van der Waals surface area contributed by atoms with Crippen LogP contribution in [-0.4, -0.2) is 33.2 Å². The van der Waals surface area contributed by atoms with Gasteiger partial charge in [-0.15, -0.1) is 11.3 Å². The van der Waals surface area contributed by atoms with E-state index in [2.05, 4.69) is 10.3 Å². The van der Waals surface area contributed by atoms with Crippen LogP contribution in [-0.2, 0) is 7.05 Å². The molecule has 6 heteroatoms. The molecule has 0 aliphatic carbocycles. The number of carbonyl (C=O) groups is 1. The Bertz CT molecular complexity index is 631. The van der Waals surface area contributed by atoms with E-state index in [4.69, 9.17) is 0 Å². The van der Waals surface area contributed by atoms with Gasteiger partial charge < -0.3 is 15.0 Å². The lowest BCUT2D eigenvalue weighted by atomic mass is 10.1. The van der Waals surface area contributed by atoms with Gasteiger partial charge in [-0.25, -0.2) is 4.98 Å². The smallest absolute Gasteiger partial charge is 0.268 e. The third-order valence-electron chi connectivity index (χ3n) is 3.39. The van der Waals surface area contributed by atoms with Crippen molar-refractivity contribution >= 4 is 17.2 Å². The van der Waals surface area contributed by atoms with Gasteiger partial charge in [0, 0.05) is 30.7 Å². The van der Waals surface area contributed by atoms with Gasteiger partial charge >= 0.3 is 0 Å². The quantitative estimate of drug-likeness (QED) is 0.890. The lowest BCUT2D eigenvalue weighted by Gasteiger charge is -2.15. The van der Waals surface area contributed by atoms with Crippen LogP contribution in [0.1, 0.15) is 29.3 Å². The fraction of sp³-hybridized carbons (Fsp3) is 0.467. The molecule has 0 fully saturated rings. The van der Waals surface area contributed by atoms with E-state index in [1.165, 1.54) is 0 Å². The van der Waals surface area contributed by atoms with Crippen LogP contribution < -0.4 is 5.32 Å². The Balaban J connectivity index is 2.10. The van der Waals surface area contributed by atoms with Crippen LogP contribution in [0.3, 0.4) is 0 Å². The summed E-state index contributed by atoms with van der Waals surface area (Å²) in [6.07, 6.45) is 1.36. The second-order valence-corrected chi connectivity index (χ2v) is 6.56. The van der Waals surface area contributed by atoms with E-state index in [9.17, 15) is 9.90 Å². The number of nitrogens with zero attached hydrogens (tertiary/aromatic N) is 2. The summed E-state index contributed by atoms with van der Waals surface area (Å²) in [5.74, 6) is -0.0670. The summed E-state index contributed by atoms with van der Waals surface area (Å²) in [5.41, 5.74) is 2.37. The van der Waals surface area contributed by atoms with Crippen molar-refractivity contribution in [3.8, 4) is 11.3 Å². The summed E-state index contributed by atoms with van der Waals surface area (Å²) >= 11 is 1.59. The molecule has 1 amide bonds. The minimum atomic E-state index is -0.533. The van der Waals surface area contributed by atoms with Crippen molar-refractivity contribution in [2.45, 2.75) is 26.9 Å². The molecule has 0 bridgehead atoms. The predicted molar refractivity (Wildman–Crippen MR) is 84.4 cm³/mol. The van der Waals surface area contributed by atoms with E-state index in [1.54, 1.807) is 15.9 Å². The summed E-state index contributed by atoms with van der Waals surface area (Å²) < 4.78 is 1.78. The van der Waals surface area contributed by atoms with Crippen molar-refractivity contribution < 1.29 is 9.90 Å². The monoisotopic (exact) mass is 307 g/mol. The average Bonchev–Trinajstić information content (AvgIpc) is 3.01. The highest BCUT2D eigenvalue weighted by Gasteiger charge is 2.16. The Morgan fingerprint density at radius 1 is 1.52 bits per heavy atom.